The van der Waals surface area contributed by atoms with E-state index in [0.717, 1.165) is 6.42 Å². The molecule has 0 saturated heterocycles. The zero-order valence-corrected chi connectivity index (χ0v) is 8.87. The highest BCUT2D eigenvalue weighted by atomic mass is 16.4. The van der Waals surface area contributed by atoms with Crippen LogP contribution in [0.5, 0.6) is 0 Å². The molecule has 1 atom stereocenters. The lowest BCUT2D eigenvalue weighted by Gasteiger charge is -2.12. The summed E-state index contributed by atoms with van der Waals surface area (Å²) in [5.41, 5.74) is 0. The topological polar surface area (TPSA) is 95.5 Å². The minimum absolute atomic E-state index is 0.310. The SMILES string of the molecule is CCCNC(=O)C(C)NC(=O)CC(=O)O. The molecule has 3 N–H and O–H groups in total. The second-order valence-electron chi connectivity index (χ2n) is 3.15. The first-order chi connectivity index (χ1) is 6.97. The summed E-state index contributed by atoms with van der Waals surface area (Å²) in [5, 5.41) is 13.2. The minimum atomic E-state index is -1.21. The maximum absolute atomic E-state index is 11.2. The summed E-state index contributed by atoms with van der Waals surface area (Å²) in [5.74, 6) is -2.19. The van der Waals surface area contributed by atoms with Crippen LogP contribution in [0, 0.1) is 0 Å². The molecule has 0 aliphatic rings. The molecule has 0 aromatic heterocycles. The van der Waals surface area contributed by atoms with Gasteiger partial charge in [-0.2, -0.15) is 0 Å². The van der Waals surface area contributed by atoms with Gasteiger partial charge in [0.2, 0.25) is 11.8 Å². The number of carbonyl (C=O) groups excluding carboxylic acids is 2. The fourth-order valence-electron chi connectivity index (χ4n) is 0.897. The molecule has 6 heteroatoms. The van der Waals surface area contributed by atoms with E-state index in [2.05, 4.69) is 10.6 Å². The summed E-state index contributed by atoms with van der Waals surface area (Å²) < 4.78 is 0. The number of carboxylic acids is 1. The van der Waals surface area contributed by atoms with Gasteiger partial charge in [-0.3, -0.25) is 14.4 Å². The summed E-state index contributed by atoms with van der Waals surface area (Å²) in [6, 6.07) is -0.705. The number of rotatable bonds is 6. The van der Waals surface area contributed by atoms with E-state index in [0.29, 0.717) is 6.54 Å². The summed E-state index contributed by atoms with van der Waals surface area (Å²) in [6.45, 7) is 3.96. The fraction of sp³-hybridized carbons (Fsp3) is 0.667. The van der Waals surface area contributed by atoms with Crippen LogP contribution in [0.25, 0.3) is 0 Å². The van der Waals surface area contributed by atoms with Crippen LogP contribution in [-0.4, -0.2) is 35.5 Å². The molecule has 0 heterocycles. The molecule has 0 aliphatic carbocycles. The van der Waals surface area contributed by atoms with Crippen LogP contribution >= 0.6 is 0 Å². The summed E-state index contributed by atoms with van der Waals surface area (Å²) in [6.07, 6.45) is 0.187. The van der Waals surface area contributed by atoms with Crippen LogP contribution in [0.3, 0.4) is 0 Å². The Balaban J connectivity index is 3.90. The van der Waals surface area contributed by atoms with Gasteiger partial charge in [-0.15, -0.1) is 0 Å². The van der Waals surface area contributed by atoms with Crippen molar-refractivity contribution in [2.45, 2.75) is 32.7 Å². The monoisotopic (exact) mass is 216 g/mol. The molecular weight excluding hydrogens is 200 g/mol. The van der Waals surface area contributed by atoms with E-state index in [1.807, 2.05) is 6.92 Å². The smallest absolute Gasteiger partial charge is 0.312 e. The van der Waals surface area contributed by atoms with Crippen molar-refractivity contribution in [3.05, 3.63) is 0 Å². The van der Waals surface area contributed by atoms with Crippen molar-refractivity contribution >= 4 is 17.8 Å². The van der Waals surface area contributed by atoms with Gasteiger partial charge in [-0.1, -0.05) is 6.92 Å². The summed E-state index contributed by atoms with van der Waals surface area (Å²) in [4.78, 5) is 32.4. The Morgan fingerprint density at radius 1 is 1.33 bits per heavy atom. The molecule has 0 rings (SSSR count). The van der Waals surface area contributed by atoms with Gasteiger partial charge in [0.15, 0.2) is 0 Å². The summed E-state index contributed by atoms with van der Waals surface area (Å²) >= 11 is 0. The number of amides is 2. The maximum Gasteiger partial charge on any atom is 0.312 e. The molecule has 2 amide bonds. The van der Waals surface area contributed by atoms with E-state index in [9.17, 15) is 14.4 Å². The van der Waals surface area contributed by atoms with Gasteiger partial charge in [0.1, 0.15) is 12.5 Å². The molecule has 0 bridgehead atoms. The van der Waals surface area contributed by atoms with Crippen molar-refractivity contribution in [2.75, 3.05) is 6.54 Å². The van der Waals surface area contributed by atoms with Crippen LogP contribution in [0.4, 0.5) is 0 Å². The van der Waals surface area contributed by atoms with Crippen molar-refractivity contribution in [3.8, 4) is 0 Å². The first kappa shape index (κ1) is 13.4. The van der Waals surface area contributed by atoms with E-state index in [4.69, 9.17) is 5.11 Å². The average molecular weight is 216 g/mol. The van der Waals surface area contributed by atoms with E-state index in [1.54, 1.807) is 0 Å². The first-order valence-electron chi connectivity index (χ1n) is 4.76. The second-order valence-corrected chi connectivity index (χ2v) is 3.15. The predicted octanol–water partition coefficient (Wildman–Crippen LogP) is -0.508. The fourth-order valence-corrected chi connectivity index (χ4v) is 0.897. The van der Waals surface area contributed by atoms with E-state index in [1.165, 1.54) is 6.92 Å². The molecule has 6 nitrogen and oxygen atoms in total. The number of hydrogen-bond acceptors (Lipinski definition) is 3. The number of aliphatic carboxylic acids is 1. The van der Waals surface area contributed by atoms with Crippen LogP contribution in [0.1, 0.15) is 26.7 Å². The number of nitrogens with one attached hydrogen (secondary N) is 2. The Labute approximate surface area is 88.0 Å². The van der Waals surface area contributed by atoms with Crippen LogP contribution in [0.2, 0.25) is 0 Å². The van der Waals surface area contributed by atoms with Crippen molar-refractivity contribution in [3.63, 3.8) is 0 Å². The third kappa shape index (κ3) is 6.48. The molecule has 86 valence electrons. The van der Waals surface area contributed by atoms with Crippen LogP contribution < -0.4 is 10.6 Å². The Morgan fingerprint density at radius 2 is 1.93 bits per heavy atom. The van der Waals surface area contributed by atoms with Crippen molar-refractivity contribution in [2.24, 2.45) is 0 Å². The lowest BCUT2D eigenvalue weighted by atomic mass is 10.3. The van der Waals surface area contributed by atoms with Gasteiger partial charge in [0, 0.05) is 6.54 Å². The molecule has 15 heavy (non-hydrogen) atoms. The molecular formula is C9H16N2O4. The van der Waals surface area contributed by atoms with E-state index in [-0.39, 0.29) is 5.91 Å². The second kappa shape index (κ2) is 6.80. The predicted molar refractivity (Wildman–Crippen MR) is 53.2 cm³/mol. The normalized spacial score (nSPS) is 11.6. The molecule has 0 spiro atoms. The highest BCUT2D eigenvalue weighted by molar-refractivity contribution is 5.95. The largest absolute Gasteiger partial charge is 0.481 e. The molecule has 0 saturated carbocycles. The Bertz CT molecular complexity index is 252. The van der Waals surface area contributed by atoms with Gasteiger partial charge in [-0.25, -0.2) is 0 Å². The van der Waals surface area contributed by atoms with Gasteiger partial charge in [0.05, 0.1) is 0 Å². The third-order valence-electron chi connectivity index (χ3n) is 1.63. The Hall–Kier alpha value is -1.59. The Kier molecular flexibility index (Phi) is 6.08. The average Bonchev–Trinajstić information content (AvgIpc) is 2.12. The lowest BCUT2D eigenvalue weighted by molar-refractivity contribution is -0.141. The van der Waals surface area contributed by atoms with Gasteiger partial charge < -0.3 is 15.7 Å². The molecule has 0 aromatic carbocycles. The molecule has 0 radical (unpaired) electrons. The van der Waals surface area contributed by atoms with Crippen molar-refractivity contribution in [1.29, 1.82) is 0 Å². The quantitative estimate of drug-likeness (QED) is 0.521. The first-order valence-corrected chi connectivity index (χ1v) is 4.76. The zero-order chi connectivity index (χ0) is 11.8. The molecule has 0 fully saturated rings. The number of carbonyl (C=O) groups is 3. The summed E-state index contributed by atoms with van der Waals surface area (Å²) in [7, 11) is 0. The van der Waals surface area contributed by atoms with Crippen LogP contribution in [0.15, 0.2) is 0 Å². The van der Waals surface area contributed by atoms with E-state index < -0.39 is 24.3 Å². The van der Waals surface area contributed by atoms with Gasteiger partial charge in [0.25, 0.3) is 0 Å². The van der Waals surface area contributed by atoms with Crippen molar-refractivity contribution < 1.29 is 19.5 Å². The number of carboxylic acid groups (broad SMARTS) is 1. The maximum atomic E-state index is 11.2. The Morgan fingerprint density at radius 3 is 2.40 bits per heavy atom. The highest BCUT2D eigenvalue weighted by Gasteiger charge is 2.16. The minimum Gasteiger partial charge on any atom is -0.481 e. The van der Waals surface area contributed by atoms with Gasteiger partial charge in [-0.05, 0) is 13.3 Å². The molecule has 0 aliphatic heterocycles. The molecule has 1 unspecified atom stereocenters. The van der Waals surface area contributed by atoms with Crippen LogP contribution in [-0.2, 0) is 14.4 Å². The number of hydrogen-bond donors (Lipinski definition) is 3. The third-order valence-corrected chi connectivity index (χ3v) is 1.63. The standard InChI is InChI=1S/C9H16N2O4/c1-3-4-10-9(15)6(2)11-7(12)5-8(13)14/h6H,3-5H2,1-2H3,(H,10,15)(H,11,12)(H,13,14). The highest BCUT2D eigenvalue weighted by Crippen LogP contribution is 1.86. The molecule has 0 aromatic rings. The zero-order valence-electron chi connectivity index (χ0n) is 8.87. The van der Waals surface area contributed by atoms with E-state index >= 15 is 0 Å². The van der Waals surface area contributed by atoms with Crippen molar-refractivity contribution in [1.82, 2.24) is 10.6 Å². The lowest BCUT2D eigenvalue weighted by Crippen LogP contribution is -2.45. The van der Waals surface area contributed by atoms with Gasteiger partial charge >= 0.3 is 5.97 Å².